The van der Waals surface area contributed by atoms with Gasteiger partial charge in [0.1, 0.15) is 5.75 Å². The first-order valence-corrected chi connectivity index (χ1v) is 10.6. The predicted molar refractivity (Wildman–Crippen MR) is 119 cm³/mol. The molecule has 0 amide bonds. The highest BCUT2D eigenvalue weighted by Gasteiger charge is 2.44. The quantitative estimate of drug-likeness (QED) is 0.289. The number of esters is 1. The molecule has 1 heterocycles. The van der Waals surface area contributed by atoms with Gasteiger partial charge in [0.15, 0.2) is 0 Å². The number of benzene rings is 2. The first-order valence-electron chi connectivity index (χ1n) is 10.6. The van der Waals surface area contributed by atoms with Crippen molar-refractivity contribution in [2.24, 2.45) is 11.0 Å². The van der Waals surface area contributed by atoms with E-state index in [4.69, 9.17) is 14.6 Å². The summed E-state index contributed by atoms with van der Waals surface area (Å²) in [6, 6.07) is 12.3. The van der Waals surface area contributed by atoms with Crippen LogP contribution in [-0.4, -0.2) is 35.3 Å². The van der Waals surface area contributed by atoms with Crippen molar-refractivity contribution in [1.29, 1.82) is 0 Å². The fourth-order valence-corrected chi connectivity index (χ4v) is 4.54. The lowest BCUT2D eigenvalue weighted by molar-refractivity contribution is -0.386. The minimum Gasteiger partial charge on any atom is -0.497 e. The molecule has 1 aliphatic carbocycles. The number of methoxy groups -OCH3 is 1. The normalized spacial score (nSPS) is 19.7. The Morgan fingerprint density at radius 3 is 2.81 bits per heavy atom. The molecule has 2 atom stereocenters. The Bertz CT molecular complexity index is 1120. The number of hydrogen-bond acceptors (Lipinski definition) is 7. The molecule has 2 aromatic carbocycles. The molecule has 0 saturated carbocycles. The highest BCUT2D eigenvalue weighted by atomic mass is 16.6. The van der Waals surface area contributed by atoms with Crippen molar-refractivity contribution < 1.29 is 19.2 Å². The van der Waals surface area contributed by atoms with Crippen LogP contribution in [0, 0.1) is 16.0 Å². The second kappa shape index (κ2) is 8.82. The van der Waals surface area contributed by atoms with Crippen molar-refractivity contribution in [3.63, 3.8) is 0 Å². The molecule has 2 aliphatic rings. The molecule has 0 fully saturated rings. The summed E-state index contributed by atoms with van der Waals surface area (Å²) in [6.45, 7) is 3.78. The molecule has 0 saturated heterocycles. The number of allylic oxidation sites excluding steroid dienone is 1. The average Bonchev–Trinajstić information content (AvgIpc) is 3.19. The van der Waals surface area contributed by atoms with E-state index in [9.17, 15) is 14.9 Å². The van der Waals surface area contributed by atoms with Gasteiger partial charge in [-0.2, -0.15) is 5.10 Å². The zero-order valence-electron chi connectivity index (χ0n) is 18.3. The van der Waals surface area contributed by atoms with Gasteiger partial charge >= 0.3 is 5.97 Å². The number of hydrogen-bond donors (Lipinski definition) is 0. The average molecular weight is 435 g/mol. The van der Waals surface area contributed by atoms with Crippen LogP contribution >= 0.6 is 0 Å². The van der Waals surface area contributed by atoms with E-state index in [1.807, 2.05) is 18.2 Å². The Hall–Kier alpha value is -3.68. The lowest BCUT2D eigenvalue weighted by Crippen LogP contribution is -2.29. The largest absolute Gasteiger partial charge is 0.497 e. The highest BCUT2D eigenvalue weighted by molar-refractivity contribution is 6.06. The van der Waals surface area contributed by atoms with Crippen LogP contribution in [0.1, 0.15) is 43.0 Å². The van der Waals surface area contributed by atoms with E-state index in [0.717, 1.165) is 35.4 Å². The number of carbonyl (C=O) groups excluding carboxylic acids is 1. The summed E-state index contributed by atoms with van der Waals surface area (Å²) >= 11 is 0. The zero-order valence-corrected chi connectivity index (χ0v) is 18.3. The van der Waals surface area contributed by atoms with Gasteiger partial charge in [0.2, 0.25) is 0 Å². The SMILES string of the molecule is CCOC(=O)/C=C(\C)N1N=C2c3cc(OC)ccc3CC[C@@H]2[C@@H]1c1ccccc1[N+](=O)[O-]. The minimum atomic E-state index is -0.469. The minimum absolute atomic E-state index is 0.0410. The first-order chi connectivity index (χ1) is 15.4. The van der Waals surface area contributed by atoms with Crippen molar-refractivity contribution in [3.8, 4) is 5.75 Å². The van der Waals surface area contributed by atoms with Crippen LogP contribution in [0.25, 0.3) is 0 Å². The van der Waals surface area contributed by atoms with Crippen LogP contribution < -0.4 is 4.74 Å². The summed E-state index contributed by atoms with van der Waals surface area (Å²) in [5.74, 6) is 0.191. The molecule has 2 aromatic rings. The summed E-state index contributed by atoms with van der Waals surface area (Å²) < 4.78 is 10.5. The number of nitrogens with zero attached hydrogens (tertiary/aromatic N) is 3. The van der Waals surface area contributed by atoms with Crippen LogP contribution in [0.15, 0.2) is 59.3 Å². The molecule has 32 heavy (non-hydrogen) atoms. The third kappa shape index (κ3) is 3.84. The van der Waals surface area contributed by atoms with Crippen molar-refractivity contribution in [2.75, 3.05) is 13.7 Å². The lowest BCUT2D eigenvalue weighted by Gasteiger charge is -2.30. The Labute approximate surface area is 186 Å². The Balaban J connectivity index is 1.85. The van der Waals surface area contributed by atoms with Gasteiger partial charge in [-0.1, -0.05) is 18.2 Å². The van der Waals surface area contributed by atoms with Crippen LogP contribution in [0.4, 0.5) is 5.69 Å². The van der Waals surface area contributed by atoms with Gasteiger partial charge in [-0.05, 0) is 50.5 Å². The van der Waals surface area contributed by atoms with Gasteiger partial charge < -0.3 is 9.47 Å². The molecule has 0 aromatic heterocycles. The smallest absolute Gasteiger partial charge is 0.332 e. The number of para-hydroxylation sites is 1. The number of fused-ring (bicyclic) bond motifs is 3. The standard InChI is InChI=1S/C24H25N3O5/c1-4-32-22(28)13-15(2)26-24(18-7-5-6-8-21(18)27(29)30)19-12-10-16-9-11-17(31-3)14-20(16)23(19)25-26/h5-9,11,13-14,19,24H,4,10,12H2,1-3H3/b15-13+/t19-,24-/m0/s1. The monoisotopic (exact) mass is 435 g/mol. The molecule has 1 aliphatic heterocycles. The molecular formula is C24H25N3O5. The number of ether oxygens (including phenoxy) is 2. The fourth-order valence-electron chi connectivity index (χ4n) is 4.54. The van der Waals surface area contributed by atoms with E-state index >= 15 is 0 Å². The molecule has 0 unspecified atom stereocenters. The maximum Gasteiger partial charge on any atom is 0.332 e. The van der Waals surface area contributed by atoms with E-state index in [-0.39, 0.29) is 23.1 Å². The molecule has 166 valence electrons. The molecular weight excluding hydrogens is 410 g/mol. The second-order valence-electron chi connectivity index (χ2n) is 7.80. The predicted octanol–water partition coefficient (Wildman–Crippen LogP) is 4.39. The molecule has 8 heteroatoms. The Morgan fingerprint density at radius 2 is 2.09 bits per heavy atom. The Morgan fingerprint density at radius 1 is 1.31 bits per heavy atom. The van der Waals surface area contributed by atoms with E-state index in [1.165, 1.54) is 12.1 Å². The van der Waals surface area contributed by atoms with Crippen LogP contribution in [0.5, 0.6) is 5.75 Å². The van der Waals surface area contributed by atoms with E-state index < -0.39 is 12.0 Å². The first kappa shape index (κ1) is 21.5. The van der Waals surface area contributed by atoms with Crippen LogP contribution in [-0.2, 0) is 16.0 Å². The molecule has 0 bridgehead atoms. The van der Waals surface area contributed by atoms with Gasteiger partial charge in [0.25, 0.3) is 5.69 Å². The molecule has 8 nitrogen and oxygen atoms in total. The molecule has 4 rings (SSSR count). The van der Waals surface area contributed by atoms with E-state index in [2.05, 4.69) is 0 Å². The summed E-state index contributed by atoms with van der Waals surface area (Å²) in [5, 5.41) is 18.4. The number of hydrazone groups is 1. The molecule has 0 spiro atoms. The number of aryl methyl sites for hydroxylation is 1. The third-order valence-electron chi connectivity index (χ3n) is 5.96. The summed E-state index contributed by atoms with van der Waals surface area (Å²) in [7, 11) is 1.62. The summed E-state index contributed by atoms with van der Waals surface area (Å²) in [5.41, 5.74) is 4.18. The number of carbonyl (C=O) groups is 1. The van der Waals surface area contributed by atoms with Gasteiger partial charge in [-0.3, -0.25) is 15.1 Å². The summed E-state index contributed by atoms with van der Waals surface area (Å²) in [4.78, 5) is 23.6. The van der Waals surface area contributed by atoms with E-state index in [1.54, 1.807) is 44.2 Å². The fraction of sp³-hybridized carbons (Fsp3) is 0.333. The van der Waals surface area contributed by atoms with Crippen molar-refractivity contribution in [1.82, 2.24) is 5.01 Å². The molecule has 0 N–H and O–H groups in total. The lowest BCUT2D eigenvalue weighted by atomic mass is 9.77. The van der Waals surface area contributed by atoms with Gasteiger partial charge in [-0.15, -0.1) is 0 Å². The third-order valence-corrected chi connectivity index (χ3v) is 5.96. The van der Waals surface area contributed by atoms with Crippen molar-refractivity contribution in [3.05, 3.63) is 81.0 Å². The zero-order chi connectivity index (χ0) is 22.8. The van der Waals surface area contributed by atoms with Crippen molar-refractivity contribution in [2.45, 2.75) is 32.7 Å². The van der Waals surface area contributed by atoms with Gasteiger partial charge in [0.05, 0.1) is 36.0 Å². The van der Waals surface area contributed by atoms with Gasteiger partial charge in [-0.25, -0.2) is 4.79 Å². The Kier molecular flexibility index (Phi) is 5.94. The van der Waals surface area contributed by atoms with Crippen molar-refractivity contribution >= 4 is 17.4 Å². The summed E-state index contributed by atoms with van der Waals surface area (Å²) in [6.07, 6.45) is 3.01. The van der Waals surface area contributed by atoms with Crippen LogP contribution in [0.2, 0.25) is 0 Å². The number of nitro groups is 1. The van der Waals surface area contributed by atoms with E-state index in [0.29, 0.717) is 11.3 Å². The van der Waals surface area contributed by atoms with Gasteiger partial charge in [0, 0.05) is 29.3 Å². The second-order valence-corrected chi connectivity index (χ2v) is 7.80. The number of nitro benzene ring substituents is 1. The number of rotatable bonds is 6. The maximum atomic E-state index is 12.1. The molecule has 0 radical (unpaired) electrons. The maximum absolute atomic E-state index is 12.1. The highest BCUT2D eigenvalue weighted by Crippen LogP contribution is 2.47. The topological polar surface area (TPSA) is 94.3 Å². The van der Waals surface area contributed by atoms with Crippen LogP contribution in [0.3, 0.4) is 0 Å².